The maximum Gasteiger partial charge on any atom is 0.410 e. The average Bonchev–Trinajstić information content (AvgIpc) is 2.45. The molecule has 1 aromatic carbocycles. The molecule has 0 radical (unpaired) electrons. The Hall–Kier alpha value is -2.04. The van der Waals surface area contributed by atoms with Gasteiger partial charge in [-0.1, -0.05) is 37.3 Å². The lowest BCUT2D eigenvalue weighted by atomic mass is 10.2. The third-order valence-corrected chi connectivity index (χ3v) is 2.58. The van der Waals surface area contributed by atoms with Crippen LogP contribution >= 0.6 is 0 Å². The number of ether oxygens (including phenoxy) is 2. The Bertz CT molecular complexity index is 419. The Morgan fingerprint density at radius 3 is 2.40 bits per heavy atom. The van der Waals surface area contributed by atoms with Gasteiger partial charge in [0, 0.05) is 6.54 Å². The van der Waals surface area contributed by atoms with Crippen LogP contribution in [0.4, 0.5) is 4.79 Å². The predicted molar refractivity (Wildman–Crippen MR) is 75.1 cm³/mol. The summed E-state index contributed by atoms with van der Waals surface area (Å²) < 4.78 is 10.0. The van der Waals surface area contributed by atoms with Crippen LogP contribution in [-0.4, -0.2) is 36.7 Å². The van der Waals surface area contributed by atoms with Gasteiger partial charge < -0.3 is 9.47 Å². The third kappa shape index (κ3) is 5.73. The quantitative estimate of drug-likeness (QED) is 0.720. The average molecular weight is 279 g/mol. The van der Waals surface area contributed by atoms with E-state index >= 15 is 0 Å². The first kappa shape index (κ1) is 16.0. The highest BCUT2D eigenvalue weighted by Gasteiger charge is 2.18. The molecule has 0 bridgehead atoms. The fourth-order valence-electron chi connectivity index (χ4n) is 1.68. The highest BCUT2D eigenvalue weighted by Crippen LogP contribution is 2.04. The number of carbonyl (C=O) groups excluding carboxylic acids is 2. The lowest BCUT2D eigenvalue weighted by molar-refractivity contribution is -0.144. The molecule has 0 aliphatic heterocycles. The molecule has 0 heterocycles. The molecule has 0 aromatic heterocycles. The maximum absolute atomic E-state index is 11.9. The SMILES string of the molecule is CCCN(CC(=O)OCC)C(=O)OCc1ccccc1. The first-order valence-corrected chi connectivity index (χ1v) is 6.78. The molecule has 20 heavy (non-hydrogen) atoms. The van der Waals surface area contributed by atoms with Crippen molar-refractivity contribution in [2.24, 2.45) is 0 Å². The van der Waals surface area contributed by atoms with E-state index < -0.39 is 12.1 Å². The van der Waals surface area contributed by atoms with Gasteiger partial charge in [0.15, 0.2) is 0 Å². The van der Waals surface area contributed by atoms with E-state index in [0.29, 0.717) is 13.2 Å². The summed E-state index contributed by atoms with van der Waals surface area (Å²) in [4.78, 5) is 24.7. The summed E-state index contributed by atoms with van der Waals surface area (Å²) in [7, 11) is 0. The van der Waals surface area contributed by atoms with E-state index in [0.717, 1.165) is 12.0 Å². The zero-order valence-corrected chi connectivity index (χ0v) is 12.0. The molecule has 0 aliphatic rings. The molecular weight excluding hydrogens is 258 g/mol. The van der Waals surface area contributed by atoms with Crippen molar-refractivity contribution in [3.63, 3.8) is 0 Å². The van der Waals surface area contributed by atoms with Crippen LogP contribution in [0, 0.1) is 0 Å². The van der Waals surface area contributed by atoms with Crippen LogP contribution in [0.2, 0.25) is 0 Å². The number of benzene rings is 1. The molecule has 0 saturated heterocycles. The van der Waals surface area contributed by atoms with Crippen molar-refractivity contribution in [1.29, 1.82) is 0 Å². The molecule has 0 fully saturated rings. The van der Waals surface area contributed by atoms with Crippen LogP contribution in [0.1, 0.15) is 25.8 Å². The van der Waals surface area contributed by atoms with Crippen LogP contribution in [0.5, 0.6) is 0 Å². The number of esters is 1. The molecule has 1 amide bonds. The zero-order chi connectivity index (χ0) is 14.8. The molecular formula is C15H21NO4. The van der Waals surface area contributed by atoms with Crippen molar-refractivity contribution in [2.45, 2.75) is 26.9 Å². The van der Waals surface area contributed by atoms with Crippen molar-refractivity contribution < 1.29 is 19.1 Å². The summed E-state index contributed by atoms with van der Waals surface area (Å²) in [5, 5.41) is 0. The minimum Gasteiger partial charge on any atom is -0.465 e. The lowest BCUT2D eigenvalue weighted by Crippen LogP contribution is -2.37. The fourth-order valence-corrected chi connectivity index (χ4v) is 1.68. The van der Waals surface area contributed by atoms with Gasteiger partial charge >= 0.3 is 12.1 Å². The molecule has 0 spiro atoms. The minimum atomic E-state index is -0.497. The van der Waals surface area contributed by atoms with Gasteiger partial charge in [0.2, 0.25) is 0 Å². The Morgan fingerprint density at radius 1 is 1.10 bits per heavy atom. The number of hydrogen-bond donors (Lipinski definition) is 0. The molecule has 0 unspecified atom stereocenters. The molecule has 0 aliphatic carbocycles. The molecule has 0 N–H and O–H groups in total. The van der Waals surface area contributed by atoms with E-state index in [1.807, 2.05) is 37.3 Å². The van der Waals surface area contributed by atoms with E-state index in [1.54, 1.807) is 6.92 Å². The number of nitrogens with zero attached hydrogens (tertiary/aromatic N) is 1. The summed E-state index contributed by atoms with van der Waals surface area (Å²) in [5.41, 5.74) is 0.911. The smallest absolute Gasteiger partial charge is 0.410 e. The normalized spacial score (nSPS) is 9.90. The molecule has 5 nitrogen and oxygen atoms in total. The highest BCUT2D eigenvalue weighted by molar-refractivity contribution is 5.78. The van der Waals surface area contributed by atoms with Gasteiger partial charge in [-0.3, -0.25) is 9.69 Å². The van der Waals surface area contributed by atoms with Gasteiger partial charge in [0.05, 0.1) is 6.61 Å². The molecule has 1 rings (SSSR count). The van der Waals surface area contributed by atoms with Gasteiger partial charge in [0.1, 0.15) is 13.2 Å². The molecule has 5 heteroatoms. The number of carbonyl (C=O) groups is 2. The van der Waals surface area contributed by atoms with Crippen LogP contribution in [0.3, 0.4) is 0 Å². The van der Waals surface area contributed by atoms with Gasteiger partial charge in [-0.25, -0.2) is 4.79 Å². The number of hydrogen-bond acceptors (Lipinski definition) is 4. The topological polar surface area (TPSA) is 55.8 Å². The number of amides is 1. The summed E-state index contributed by atoms with van der Waals surface area (Å²) in [6.45, 7) is 4.56. The van der Waals surface area contributed by atoms with E-state index in [9.17, 15) is 9.59 Å². The van der Waals surface area contributed by atoms with Crippen molar-refractivity contribution in [1.82, 2.24) is 4.90 Å². The third-order valence-electron chi connectivity index (χ3n) is 2.58. The molecule has 0 atom stereocenters. The monoisotopic (exact) mass is 279 g/mol. The van der Waals surface area contributed by atoms with Crippen molar-refractivity contribution in [3.05, 3.63) is 35.9 Å². The highest BCUT2D eigenvalue weighted by atomic mass is 16.6. The Kier molecular flexibility index (Phi) is 7.17. The molecule has 110 valence electrons. The predicted octanol–water partition coefficient (Wildman–Crippen LogP) is 2.60. The van der Waals surface area contributed by atoms with E-state index in [-0.39, 0.29) is 13.2 Å². The van der Waals surface area contributed by atoms with Crippen LogP contribution in [0.25, 0.3) is 0 Å². The zero-order valence-electron chi connectivity index (χ0n) is 12.0. The second kappa shape index (κ2) is 8.96. The van der Waals surface area contributed by atoms with E-state index in [2.05, 4.69) is 0 Å². The first-order valence-electron chi connectivity index (χ1n) is 6.78. The minimum absolute atomic E-state index is 0.0741. The van der Waals surface area contributed by atoms with Gasteiger partial charge in [0.25, 0.3) is 0 Å². The first-order chi connectivity index (χ1) is 9.67. The Balaban J connectivity index is 2.49. The van der Waals surface area contributed by atoms with Gasteiger partial charge in [-0.15, -0.1) is 0 Å². The van der Waals surface area contributed by atoms with Crippen molar-refractivity contribution >= 4 is 12.1 Å². The molecule has 1 aromatic rings. The summed E-state index contributed by atoms with van der Waals surface area (Å²) in [5.74, 6) is -0.419. The van der Waals surface area contributed by atoms with Crippen LogP contribution in [0.15, 0.2) is 30.3 Å². The fraction of sp³-hybridized carbons (Fsp3) is 0.467. The Morgan fingerprint density at radius 2 is 1.80 bits per heavy atom. The van der Waals surface area contributed by atoms with Crippen LogP contribution < -0.4 is 0 Å². The second-order valence-corrected chi connectivity index (χ2v) is 4.27. The summed E-state index contributed by atoms with van der Waals surface area (Å²) in [6, 6.07) is 9.41. The van der Waals surface area contributed by atoms with E-state index in [1.165, 1.54) is 4.90 Å². The summed E-state index contributed by atoms with van der Waals surface area (Å²) in [6.07, 6.45) is 0.253. The van der Waals surface area contributed by atoms with Gasteiger partial charge in [-0.2, -0.15) is 0 Å². The van der Waals surface area contributed by atoms with Crippen LogP contribution in [-0.2, 0) is 20.9 Å². The maximum atomic E-state index is 11.9. The summed E-state index contributed by atoms with van der Waals surface area (Å²) >= 11 is 0. The lowest BCUT2D eigenvalue weighted by Gasteiger charge is -2.20. The molecule has 0 saturated carbocycles. The Labute approximate surface area is 119 Å². The number of rotatable bonds is 7. The largest absolute Gasteiger partial charge is 0.465 e. The van der Waals surface area contributed by atoms with Crippen molar-refractivity contribution in [2.75, 3.05) is 19.7 Å². The van der Waals surface area contributed by atoms with Crippen molar-refractivity contribution in [3.8, 4) is 0 Å². The standard InChI is InChI=1S/C15H21NO4/c1-3-10-16(11-14(17)19-4-2)15(18)20-12-13-8-6-5-7-9-13/h5-9H,3-4,10-12H2,1-2H3. The van der Waals surface area contributed by atoms with Gasteiger partial charge in [-0.05, 0) is 18.9 Å². The second-order valence-electron chi connectivity index (χ2n) is 4.27. The van der Waals surface area contributed by atoms with E-state index in [4.69, 9.17) is 9.47 Å².